The summed E-state index contributed by atoms with van der Waals surface area (Å²) in [5.41, 5.74) is 3.22. The van der Waals surface area contributed by atoms with Gasteiger partial charge in [0.1, 0.15) is 22.8 Å². The Labute approximate surface area is 270 Å². The largest absolute Gasteiger partial charge is 0.493 e. The highest BCUT2D eigenvalue weighted by Crippen LogP contribution is 2.32. The molecular formula is C37H41N3O6. The smallest absolute Gasteiger partial charge is 0.410 e. The number of likely N-dealkylation sites (tertiary alicyclic amines) is 1. The summed E-state index contributed by atoms with van der Waals surface area (Å²) in [6.45, 7) is 10.4. The minimum absolute atomic E-state index is 0.108. The third kappa shape index (κ3) is 8.78. The fraction of sp³-hybridized carbons (Fsp3) is 0.324. The third-order valence-corrected chi connectivity index (χ3v) is 7.79. The molecule has 0 radical (unpaired) electrons. The van der Waals surface area contributed by atoms with E-state index >= 15 is 0 Å². The molecule has 240 valence electrons. The van der Waals surface area contributed by atoms with Gasteiger partial charge in [0, 0.05) is 49.9 Å². The lowest BCUT2D eigenvalue weighted by Gasteiger charge is -2.27. The lowest BCUT2D eigenvalue weighted by atomic mass is 10.1. The average Bonchev–Trinajstić information content (AvgIpc) is 3.50. The first-order valence-electron chi connectivity index (χ1n) is 15.5. The van der Waals surface area contributed by atoms with E-state index in [9.17, 15) is 14.9 Å². The van der Waals surface area contributed by atoms with E-state index in [0.717, 1.165) is 23.2 Å². The first kappa shape index (κ1) is 32.3. The molecule has 1 amide bonds. The first-order valence-corrected chi connectivity index (χ1v) is 15.5. The summed E-state index contributed by atoms with van der Waals surface area (Å²) in [4.78, 5) is 27.6. The van der Waals surface area contributed by atoms with Gasteiger partial charge < -0.3 is 24.0 Å². The Balaban J connectivity index is 1.20. The van der Waals surface area contributed by atoms with Crippen molar-refractivity contribution >= 4 is 17.5 Å². The van der Waals surface area contributed by atoms with Crippen molar-refractivity contribution in [3.8, 4) is 17.2 Å². The van der Waals surface area contributed by atoms with Crippen molar-refractivity contribution in [2.24, 2.45) is 5.92 Å². The van der Waals surface area contributed by atoms with E-state index in [-0.39, 0.29) is 22.6 Å². The summed E-state index contributed by atoms with van der Waals surface area (Å²) in [6.07, 6.45) is 0.588. The molecule has 1 atom stereocenters. The third-order valence-electron chi connectivity index (χ3n) is 7.79. The molecule has 0 bridgehead atoms. The second kappa shape index (κ2) is 14.4. The molecule has 0 saturated carbocycles. The van der Waals surface area contributed by atoms with Crippen LogP contribution in [0, 0.1) is 23.0 Å². The first-order chi connectivity index (χ1) is 22.0. The van der Waals surface area contributed by atoms with Gasteiger partial charge in [0.05, 0.1) is 17.1 Å². The fourth-order valence-corrected chi connectivity index (χ4v) is 5.50. The van der Waals surface area contributed by atoms with E-state index in [1.54, 1.807) is 24.0 Å². The number of nitrogens with zero attached hydrogens (tertiary/aromatic N) is 3. The monoisotopic (exact) mass is 623 g/mol. The molecule has 0 aromatic heterocycles. The molecule has 4 aromatic carbocycles. The topological polar surface area (TPSA) is 94.4 Å². The lowest BCUT2D eigenvalue weighted by molar-refractivity contribution is -0.385. The van der Waals surface area contributed by atoms with E-state index < -0.39 is 5.60 Å². The van der Waals surface area contributed by atoms with Crippen molar-refractivity contribution in [3.05, 3.63) is 124 Å². The Kier molecular flexibility index (Phi) is 10.1. The maximum Gasteiger partial charge on any atom is 0.410 e. The van der Waals surface area contributed by atoms with E-state index in [1.165, 1.54) is 0 Å². The van der Waals surface area contributed by atoms with E-state index in [2.05, 4.69) is 17.0 Å². The van der Waals surface area contributed by atoms with Crippen LogP contribution in [0.15, 0.2) is 97.1 Å². The molecular weight excluding hydrogens is 582 g/mol. The number of anilines is 1. The Bertz CT molecular complexity index is 1640. The molecule has 0 spiro atoms. The molecule has 1 aliphatic heterocycles. The second-order valence-electron chi connectivity index (χ2n) is 12.6. The molecule has 1 saturated heterocycles. The number of carbonyl (C=O) groups is 1. The highest BCUT2D eigenvalue weighted by molar-refractivity contribution is 5.68. The zero-order valence-corrected chi connectivity index (χ0v) is 26.8. The van der Waals surface area contributed by atoms with E-state index in [1.807, 2.05) is 93.6 Å². The number of nitro groups is 1. The molecule has 9 heteroatoms. The van der Waals surface area contributed by atoms with Gasteiger partial charge in [-0.15, -0.1) is 0 Å². The second-order valence-corrected chi connectivity index (χ2v) is 12.6. The van der Waals surface area contributed by atoms with Crippen molar-refractivity contribution in [3.63, 3.8) is 0 Å². The number of amides is 1. The van der Waals surface area contributed by atoms with Gasteiger partial charge in [0.25, 0.3) is 5.69 Å². The minimum atomic E-state index is -0.512. The number of benzene rings is 4. The van der Waals surface area contributed by atoms with Crippen molar-refractivity contribution < 1.29 is 23.9 Å². The summed E-state index contributed by atoms with van der Waals surface area (Å²) in [5.74, 6) is 2.28. The number of ether oxygens (including phenoxy) is 3. The van der Waals surface area contributed by atoms with Crippen LogP contribution in [0.3, 0.4) is 0 Å². The molecule has 1 aliphatic rings. The van der Waals surface area contributed by atoms with Gasteiger partial charge in [-0.25, -0.2) is 4.79 Å². The SMILES string of the molecule is Cc1c(N(Cc2ccccc2)Cc2ccc(Oc3cccc(OCC4CCN(C(=O)OC(C)(C)C)C4)c3)cc2)cccc1[N+](=O)[O-]. The van der Waals surface area contributed by atoms with Crippen molar-refractivity contribution in [1.29, 1.82) is 0 Å². The predicted octanol–water partition coefficient (Wildman–Crippen LogP) is 8.54. The van der Waals surface area contributed by atoms with E-state index in [4.69, 9.17) is 14.2 Å². The number of carbonyl (C=O) groups excluding carboxylic acids is 1. The van der Waals surface area contributed by atoms with Gasteiger partial charge >= 0.3 is 6.09 Å². The highest BCUT2D eigenvalue weighted by atomic mass is 16.6. The minimum Gasteiger partial charge on any atom is -0.493 e. The van der Waals surface area contributed by atoms with Gasteiger partial charge in [-0.3, -0.25) is 10.1 Å². The quantitative estimate of drug-likeness (QED) is 0.122. The van der Waals surface area contributed by atoms with Crippen LogP contribution in [0.1, 0.15) is 43.9 Å². The lowest BCUT2D eigenvalue weighted by Crippen LogP contribution is -2.35. The maximum absolute atomic E-state index is 12.4. The van der Waals surface area contributed by atoms with Crippen LogP contribution in [-0.2, 0) is 17.8 Å². The zero-order valence-electron chi connectivity index (χ0n) is 26.8. The summed E-state index contributed by atoms with van der Waals surface area (Å²) in [7, 11) is 0. The average molecular weight is 624 g/mol. The molecule has 0 aliphatic carbocycles. The molecule has 1 heterocycles. The molecule has 46 heavy (non-hydrogen) atoms. The van der Waals surface area contributed by atoms with Crippen LogP contribution in [0.2, 0.25) is 0 Å². The highest BCUT2D eigenvalue weighted by Gasteiger charge is 2.30. The fourth-order valence-electron chi connectivity index (χ4n) is 5.50. The molecule has 1 unspecified atom stereocenters. The summed E-state index contributed by atoms with van der Waals surface area (Å²) in [6, 6.07) is 30.7. The molecule has 5 rings (SSSR count). The number of rotatable bonds is 11. The Morgan fingerprint density at radius 1 is 0.891 bits per heavy atom. The maximum atomic E-state index is 12.4. The molecule has 9 nitrogen and oxygen atoms in total. The standard InChI is InChI=1S/C37H41N3O6/c1-27-34(14-9-15-35(27)40(42)43)39(23-28-10-6-5-7-11-28)24-29-16-18-31(19-17-29)45-33-13-8-12-32(22-33)44-26-30-20-21-38(25-30)36(41)46-37(2,3)4/h5-19,22,30H,20-21,23-26H2,1-4H3. The zero-order chi connectivity index (χ0) is 32.7. The number of hydrogen-bond donors (Lipinski definition) is 0. The van der Waals surface area contributed by atoms with Crippen molar-refractivity contribution in [2.45, 2.75) is 52.8 Å². The van der Waals surface area contributed by atoms with Gasteiger partial charge in [0.15, 0.2) is 0 Å². The Hall–Kier alpha value is -5.05. The van der Waals surface area contributed by atoms with Gasteiger partial charge in [0.2, 0.25) is 0 Å². The van der Waals surface area contributed by atoms with Gasteiger partial charge in [-0.1, -0.05) is 54.6 Å². The number of hydrogen-bond acceptors (Lipinski definition) is 7. The van der Waals surface area contributed by atoms with Crippen LogP contribution in [-0.4, -0.2) is 41.2 Å². The normalized spacial score (nSPS) is 14.5. The van der Waals surface area contributed by atoms with Crippen molar-refractivity contribution in [2.75, 3.05) is 24.6 Å². The Morgan fingerprint density at radius 3 is 2.26 bits per heavy atom. The van der Waals surface area contributed by atoms with Crippen LogP contribution in [0.4, 0.5) is 16.2 Å². The van der Waals surface area contributed by atoms with E-state index in [0.29, 0.717) is 55.6 Å². The van der Waals surface area contributed by atoms with Crippen LogP contribution < -0.4 is 14.4 Å². The summed E-state index contributed by atoms with van der Waals surface area (Å²) in [5, 5.41) is 11.6. The summed E-state index contributed by atoms with van der Waals surface area (Å²) >= 11 is 0. The van der Waals surface area contributed by atoms with Gasteiger partial charge in [-0.2, -0.15) is 0 Å². The Morgan fingerprint density at radius 2 is 1.57 bits per heavy atom. The van der Waals surface area contributed by atoms with Crippen molar-refractivity contribution in [1.82, 2.24) is 4.90 Å². The molecule has 1 fully saturated rings. The van der Waals surface area contributed by atoms with Crippen LogP contribution >= 0.6 is 0 Å². The molecule has 0 N–H and O–H groups in total. The van der Waals surface area contributed by atoms with Crippen LogP contribution in [0.5, 0.6) is 17.2 Å². The summed E-state index contributed by atoms with van der Waals surface area (Å²) < 4.78 is 17.7. The van der Waals surface area contributed by atoms with Crippen LogP contribution in [0.25, 0.3) is 0 Å². The molecule has 4 aromatic rings. The number of nitro benzene ring substituents is 1. The predicted molar refractivity (Wildman–Crippen MR) is 179 cm³/mol. The van der Waals surface area contributed by atoms with Gasteiger partial charge in [-0.05, 0) is 75.6 Å².